The number of hydrogen-bond donors (Lipinski definition) is 4. The third-order valence-electron chi connectivity index (χ3n) is 5.82. The molecule has 1 heterocycles. The van der Waals surface area contributed by atoms with E-state index in [2.05, 4.69) is 15.7 Å². The molecule has 0 aliphatic carbocycles. The van der Waals surface area contributed by atoms with Gasteiger partial charge in [0.05, 0.1) is 43.1 Å². The lowest BCUT2D eigenvalue weighted by molar-refractivity contribution is -0.235. The van der Waals surface area contributed by atoms with Crippen molar-refractivity contribution in [1.82, 2.24) is 9.97 Å². The first-order valence-corrected chi connectivity index (χ1v) is 15.3. The summed E-state index contributed by atoms with van der Waals surface area (Å²) in [6.07, 6.45) is 3.60. The number of nitrogens with two attached hydrogens (primary N) is 1. The van der Waals surface area contributed by atoms with Crippen molar-refractivity contribution in [3.63, 3.8) is 0 Å². The lowest BCUT2D eigenvalue weighted by atomic mass is 10.2. The van der Waals surface area contributed by atoms with E-state index in [4.69, 9.17) is 19.7 Å². The van der Waals surface area contributed by atoms with Crippen molar-refractivity contribution >= 4 is 11.3 Å². The summed E-state index contributed by atoms with van der Waals surface area (Å²) in [5.74, 6) is -1.46. The average Bonchev–Trinajstić information content (AvgIpc) is 3.19. The molecule has 238 valence electrons. The number of rotatable bonds is 10. The van der Waals surface area contributed by atoms with Gasteiger partial charge in [0, 0.05) is 6.20 Å². The molecule has 0 saturated heterocycles. The molecule has 3 aromatic carbocycles. The van der Waals surface area contributed by atoms with Gasteiger partial charge < -0.3 is 30.5 Å². The maximum Gasteiger partial charge on any atom is 0.200 e. The van der Waals surface area contributed by atoms with Crippen LogP contribution in [0.3, 0.4) is 0 Å². The van der Waals surface area contributed by atoms with E-state index in [0.717, 1.165) is 23.1 Å². The van der Waals surface area contributed by atoms with E-state index in [-0.39, 0.29) is 19.3 Å². The Kier molecular flexibility index (Phi) is 20.9. The Morgan fingerprint density at radius 1 is 0.818 bits per heavy atom. The quantitative estimate of drug-likeness (QED) is 0.157. The van der Waals surface area contributed by atoms with Crippen LogP contribution in [0.2, 0.25) is 0 Å². The SMILES string of the molecule is CCC(COCc1ccccc1)OC(C)(O)c1scccncnc1C.CN.OCc1ccccc1.OCc1ccccc1. The Hall–Kier alpha value is -3.54. The molecule has 0 aliphatic rings. The van der Waals surface area contributed by atoms with Crippen LogP contribution < -0.4 is 5.73 Å². The second-order valence-corrected chi connectivity index (χ2v) is 10.2. The summed E-state index contributed by atoms with van der Waals surface area (Å²) in [4.78, 5) is 8.90. The van der Waals surface area contributed by atoms with Crippen LogP contribution in [0.1, 0.15) is 47.5 Å². The molecule has 0 aliphatic heterocycles. The van der Waals surface area contributed by atoms with Crippen molar-refractivity contribution in [2.24, 2.45) is 5.73 Å². The fourth-order valence-electron chi connectivity index (χ4n) is 3.60. The molecule has 1 aromatic heterocycles. The lowest BCUT2D eigenvalue weighted by Gasteiger charge is -2.29. The van der Waals surface area contributed by atoms with Gasteiger partial charge in [-0.3, -0.25) is 0 Å². The first kappa shape index (κ1) is 38.5. The summed E-state index contributed by atoms with van der Waals surface area (Å²) in [6.45, 7) is 6.68. The molecular formula is C35H47N3O5S. The molecule has 2 unspecified atom stereocenters. The second kappa shape index (κ2) is 23.9. The van der Waals surface area contributed by atoms with Gasteiger partial charge in [0.25, 0.3) is 0 Å². The van der Waals surface area contributed by atoms with Crippen molar-refractivity contribution in [2.45, 2.75) is 58.9 Å². The Bertz CT molecular complexity index is 1250. The highest BCUT2D eigenvalue weighted by Gasteiger charge is 2.30. The van der Waals surface area contributed by atoms with E-state index >= 15 is 0 Å². The van der Waals surface area contributed by atoms with Gasteiger partial charge in [-0.25, -0.2) is 9.97 Å². The number of aromatic nitrogens is 2. The van der Waals surface area contributed by atoms with Gasteiger partial charge >= 0.3 is 0 Å². The third kappa shape index (κ3) is 16.3. The van der Waals surface area contributed by atoms with Gasteiger partial charge in [0.2, 0.25) is 5.79 Å². The third-order valence-corrected chi connectivity index (χ3v) is 7.03. The minimum Gasteiger partial charge on any atom is -0.392 e. The highest BCUT2D eigenvalue weighted by molar-refractivity contribution is 7.09. The number of aryl methyl sites for hydroxylation is 1. The van der Waals surface area contributed by atoms with Crippen molar-refractivity contribution < 1.29 is 24.8 Å². The minimum atomic E-state index is -1.46. The number of ether oxygens (including phenoxy) is 2. The van der Waals surface area contributed by atoms with Crippen molar-refractivity contribution in [3.8, 4) is 0 Å². The van der Waals surface area contributed by atoms with Crippen LogP contribution in [0.25, 0.3) is 0 Å². The molecule has 44 heavy (non-hydrogen) atoms. The van der Waals surface area contributed by atoms with E-state index in [0.29, 0.717) is 23.8 Å². The maximum absolute atomic E-state index is 10.9. The monoisotopic (exact) mass is 621 g/mol. The Morgan fingerprint density at radius 2 is 1.32 bits per heavy atom. The second-order valence-electron chi connectivity index (χ2n) is 9.32. The van der Waals surface area contributed by atoms with Crippen LogP contribution in [0.4, 0.5) is 0 Å². The molecule has 0 spiro atoms. The van der Waals surface area contributed by atoms with E-state index in [9.17, 15) is 5.11 Å². The van der Waals surface area contributed by atoms with Crippen LogP contribution in [-0.2, 0) is 35.1 Å². The van der Waals surface area contributed by atoms with Crippen molar-refractivity contribution in [1.29, 1.82) is 0 Å². The smallest absolute Gasteiger partial charge is 0.200 e. The molecule has 2 atom stereocenters. The van der Waals surface area contributed by atoms with Crippen molar-refractivity contribution in [3.05, 3.63) is 142 Å². The van der Waals surface area contributed by atoms with Crippen LogP contribution in [0.5, 0.6) is 0 Å². The average molecular weight is 622 g/mol. The molecule has 9 heteroatoms. The van der Waals surface area contributed by atoms with Crippen LogP contribution >= 0.6 is 11.3 Å². The number of aliphatic hydroxyl groups excluding tert-OH is 2. The largest absolute Gasteiger partial charge is 0.392 e. The van der Waals surface area contributed by atoms with Crippen LogP contribution in [0.15, 0.2) is 115 Å². The predicted molar refractivity (Wildman–Crippen MR) is 178 cm³/mol. The molecule has 4 rings (SSSR count). The van der Waals surface area contributed by atoms with Gasteiger partial charge in [0.15, 0.2) is 0 Å². The number of benzene rings is 3. The summed E-state index contributed by atoms with van der Waals surface area (Å²) in [5.41, 5.74) is 8.21. The Balaban J connectivity index is 0.000000433. The standard InChI is InChI=1S/C20H26N2O3S.2C7H8O.CH5N/c1-4-18(14-24-13-17-9-6-5-7-10-17)25-20(3,23)19-16(2)22-15-21-11-8-12-26-19;2*8-6-7-4-2-1-3-5-7;1-2/h5-12,15,18,23H,4,13-14H2,1-3H3;2*1-5,8H,6H2;2H2,1H3. The fraction of sp³-hybridized carbons (Fsp3) is 0.314. The van der Waals surface area contributed by atoms with E-state index in [1.165, 1.54) is 24.7 Å². The summed E-state index contributed by atoms with van der Waals surface area (Å²) in [6, 6.07) is 30.8. The molecule has 8 nitrogen and oxygen atoms in total. The van der Waals surface area contributed by atoms with Crippen LogP contribution in [-0.4, -0.2) is 45.0 Å². The van der Waals surface area contributed by atoms with E-state index in [1.807, 2.05) is 110 Å². The molecule has 0 fully saturated rings. The van der Waals surface area contributed by atoms with Crippen molar-refractivity contribution in [2.75, 3.05) is 13.7 Å². The normalized spacial score (nSPS) is 11.9. The summed E-state index contributed by atoms with van der Waals surface area (Å²) < 4.78 is 11.8. The highest BCUT2D eigenvalue weighted by atomic mass is 32.1. The zero-order valence-corrected chi connectivity index (χ0v) is 26.9. The van der Waals surface area contributed by atoms with Crippen LogP contribution in [0, 0.1) is 6.92 Å². The Morgan fingerprint density at radius 3 is 1.77 bits per heavy atom. The Labute approximate surface area is 266 Å². The van der Waals surface area contributed by atoms with Gasteiger partial charge in [-0.2, -0.15) is 0 Å². The minimum absolute atomic E-state index is 0.140. The summed E-state index contributed by atoms with van der Waals surface area (Å²) in [5, 5.41) is 29.9. The number of hydrogen-bond acceptors (Lipinski definition) is 9. The van der Waals surface area contributed by atoms with Gasteiger partial charge in [-0.1, -0.05) is 97.9 Å². The number of aliphatic hydroxyl groups is 3. The number of nitrogens with zero attached hydrogens (tertiary/aromatic N) is 2. The van der Waals surface area contributed by atoms with Gasteiger partial charge in [0.1, 0.15) is 6.33 Å². The predicted octanol–water partition coefficient (Wildman–Crippen LogP) is 6.08. The van der Waals surface area contributed by atoms with E-state index < -0.39 is 5.79 Å². The molecule has 4 aromatic rings. The fourth-order valence-corrected chi connectivity index (χ4v) is 4.38. The molecule has 0 amide bonds. The zero-order chi connectivity index (χ0) is 32.5. The first-order valence-electron chi connectivity index (χ1n) is 14.4. The van der Waals surface area contributed by atoms with Gasteiger partial charge in [-0.05, 0) is 55.5 Å². The first-order chi connectivity index (χ1) is 21.4. The topological polar surface area (TPSA) is 131 Å². The highest BCUT2D eigenvalue weighted by Crippen LogP contribution is 2.29. The summed E-state index contributed by atoms with van der Waals surface area (Å²) in [7, 11) is 1.50. The molecule has 0 bridgehead atoms. The summed E-state index contributed by atoms with van der Waals surface area (Å²) >= 11 is 1.38. The lowest BCUT2D eigenvalue weighted by Crippen LogP contribution is -2.33. The molecule has 5 N–H and O–H groups in total. The zero-order valence-electron chi connectivity index (χ0n) is 26.1. The van der Waals surface area contributed by atoms with E-state index in [1.54, 1.807) is 19.2 Å². The van der Waals surface area contributed by atoms with Gasteiger partial charge in [-0.15, -0.1) is 11.3 Å². The molecule has 0 radical (unpaired) electrons. The molecule has 0 saturated carbocycles. The maximum atomic E-state index is 10.9. The molecular weight excluding hydrogens is 574 g/mol.